The van der Waals surface area contributed by atoms with Gasteiger partial charge in [-0.15, -0.1) is 11.3 Å². The van der Waals surface area contributed by atoms with Crippen molar-refractivity contribution < 1.29 is 9.47 Å². The van der Waals surface area contributed by atoms with Gasteiger partial charge < -0.3 is 20.1 Å². The topological polar surface area (TPSA) is 86.4 Å². The van der Waals surface area contributed by atoms with Gasteiger partial charge >= 0.3 is 0 Å². The minimum atomic E-state index is 0.452. The number of fused-ring (bicyclic) bond motifs is 1. The summed E-state index contributed by atoms with van der Waals surface area (Å²) in [5.41, 5.74) is 6.97. The number of nitrogens with two attached hydrogens (primary N) is 1. The van der Waals surface area contributed by atoms with E-state index in [1.807, 2.05) is 18.3 Å². The summed E-state index contributed by atoms with van der Waals surface area (Å²) >= 11 is 1.80. The molecule has 0 atom stereocenters. The first-order valence-corrected chi connectivity index (χ1v) is 9.77. The van der Waals surface area contributed by atoms with Gasteiger partial charge in [-0.1, -0.05) is 0 Å². The number of hydrogen-bond acceptors (Lipinski definition) is 8. The molecule has 2 N–H and O–H groups in total. The molecule has 1 fully saturated rings. The molecule has 1 aliphatic heterocycles. The van der Waals surface area contributed by atoms with Crippen LogP contribution >= 0.6 is 11.3 Å². The summed E-state index contributed by atoms with van der Waals surface area (Å²) in [6.07, 6.45) is 4.04. The molecule has 0 radical (unpaired) electrons. The van der Waals surface area contributed by atoms with Crippen LogP contribution in [-0.4, -0.2) is 42.3 Å². The van der Waals surface area contributed by atoms with Gasteiger partial charge in [-0.2, -0.15) is 4.98 Å². The highest BCUT2D eigenvalue weighted by molar-refractivity contribution is 7.11. The molecule has 1 aromatic carbocycles. The second kappa shape index (κ2) is 7.19. The molecule has 3 aromatic rings. The van der Waals surface area contributed by atoms with Crippen molar-refractivity contribution in [3.05, 3.63) is 28.2 Å². The molecule has 3 heterocycles. The number of aryl methyl sites for hydroxylation is 1. The van der Waals surface area contributed by atoms with Gasteiger partial charge in [0.05, 0.1) is 24.7 Å². The van der Waals surface area contributed by atoms with E-state index in [4.69, 9.17) is 20.2 Å². The molecule has 1 saturated heterocycles. The van der Waals surface area contributed by atoms with Crippen molar-refractivity contribution in [1.82, 2.24) is 15.0 Å². The first-order valence-electron chi connectivity index (χ1n) is 8.95. The number of nitrogen functional groups attached to an aromatic ring is 1. The first kappa shape index (κ1) is 17.8. The van der Waals surface area contributed by atoms with Crippen LogP contribution in [0.1, 0.15) is 28.6 Å². The van der Waals surface area contributed by atoms with Crippen LogP contribution in [0.4, 0.5) is 11.8 Å². The van der Waals surface area contributed by atoms with E-state index in [9.17, 15) is 0 Å². The maximum absolute atomic E-state index is 6.22. The van der Waals surface area contributed by atoms with Gasteiger partial charge in [0, 0.05) is 41.5 Å². The van der Waals surface area contributed by atoms with Crippen LogP contribution in [0.15, 0.2) is 18.3 Å². The minimum Gasteiger partial charge on any atom is -0.493 e. The third-order valence-electron chi connectivity index (χ3n) is 4.98. The Bertz CT molecular complexity index is 966. The summed E-state index contributed by atoms with van der Waals surface area (Å²) < 4.78 is 10.7. The normalized spacial score (nSPS) is 15.3. The number of hydrogen-bond donors (Lipinski definition) is 1. The molecular formula is C19H23N5O2S. The second-order valence-electron chi connectivity index (χ2n) is 6.70. The van der Waals surface area contributed by atoms with Crippen molar-refractivity contribution >= 4 is 34.0 Å². The number of benzene rings is 1. The molecule has 0 bridgehead atoms. The molecule has 0 saturated carbocycles. The molecule has 0 unspecified atom stereocenters. The summed E-state index contributed by atoms with van der Waals surface area (Å²) in [5.74, 6) is 2.89. The van der Waals surface area contributed by atoms with Crippen molar-refractivity contribution in [2.45, 2.75) is 25.7 Å². The Balaban J connectivity index is 1.59. The van der Waals surface area contributed by atoms with Gasteiger partial charge in [-0.05, 0) is 25.8 Å². The van der Waals surface area contributed by atoms with Gasteiger partial charge in [-0.3, -0.25) is 0 Å². The molecule has 4 rings (SSSR count). The molecule has 0 amide bonds. The Morgan fingerprint density at radius 1 is 1.11 bits per heavy atom. The Morgan fingerprint density at radius 3 is 2.44 bits per heavy atom. The molecule has 2 aromatic heterocycles. The fourth-order valence-corrected chi connectivity index (χ4v) is 4.44. The lowest BCUT2D eigenvalue weighted by Gasteiger charge is -2.31. The van der Waals surface area contributed by atoms with Crippen molar-refractivity contribution in [1.29, 1.82) is 0 Å². The first-order chi connectivity index (χ1) is 13.1. The molecule has 142 valence electrons. The predicted molar refractivity (Wildman–Crippen MR) is 108 cm³/mol. The van der Waals surface area contributed by atoms with E-state index in [0.717, 1.165) is 36.8 Å². The van der Waals surface area contributed by atoms with Crippen LogP contribution in [0.25, 0.3) is 10.9 Å². The quantitative estimate of drug-likeness (QED) is 0.737. The molecule has 8 heteroatoms. The van der Waals surface area contributed by atoms with Gasteiger partial charge in [0.2, 0.25) is 5.95 Å². The Hall–Kier alpha value is -2.61. The Labute approximate surface area is 162 Å². The maximum atomic E-state index is 6.22. The molecular weight excluding hydrogens is 362 g/mol. The van der Waals surface area contributed by atoms with Crippen LogP contribution in [0.3, 0.4) is 0 Å². The van der Waals surface area contributed by atoms with Crippen LogP contribution in [-0.2, 0) is 0 Å². The fraction of sp³-hybridized carbons (Fsp3) is 0.421. The van der Waals surface area contributed by atoms with E-state index in [2.05, 4.69) is 21.8 Å². The van der Waals surface area contributed by atoms with Crippen LogP contribution in [0.5, 0.6) is 11.5 Å². The lowest BCUT2D eigenvalue weighted by Crippen LogP contribution is -2.34. The van der Waals surface area contributed by atoms with Crippen LogP contribution in [0.2, 0.25) is 0 Å². The van der Waals surface area contributed by atoms with Gasteiger partial charge in [-0.25, -0.2) is 9.97 Å². The number of anilines is 2. The van der Waals surface area contributed by atoms with E-state index < -0.39 is 0 Å². The van der Waals surface area contributed by atoms with E-state index >= 15 is 0 Å². The molecule has 27 heavy (non-hydrogen) atoms. The lowest BCUT2D eigenvalue weighted by atomic mass is 9.98. The van der Waals surface area contributed by atoms with E-state index in [1.165, 1.54) is 9.88 Å². The summed E-state index contributed by atoms with van der Waals surface area (Å²) in [7, 11) is 3.21. The Kier molecular flexibility index (Phi) is 4.73. The number of piperidine rings is 1. The van der Waals surface area contributed by atoms with Gasteiger partial charge in [0.25, 0.3) is 0 Å². The largest absolute Gasteiger partial charge is 0.493 e. The third-order valence-corrected chi connectivity index (χ3v) is 6.06. The monoisotopic (exact) mass is 385 g/mol. The van der Waals surface area contributed by atoms with E-state index in [-0.39, 0.29) is 0 Å². The second-order valence-corrected chi connectivity index (χ2v) is 7.97. The van der Waals surface area contributed by atoms with Crippen molar-refractivity contribution in [3.63, 3.8) is 0 Å². The SMILES string of the molecule is COc1cc2nc(N3CCC(c4ncc(C)s4)CC3)nc(N)c2cc1OC. The highest BCUT2D eigenvalue weighted by Crippen LogP contribution is 2.35. The highest BCUT2D eigenvalue weighted by Gasteiger charge is 2.25. The van der Waals surface area contributed by atoms with Crippen LogP contribution < -0.4 is 20.1 Å². The number of aromatic nitrogens is 3. The maximum Gasteiger partial charge on any atom is 0.227 e. The average molecular weight is 385 g/mol. The van der Waals surface area contributed by atoms with E-state index in [0.29, 0.717) is 29.2 Å². The zero-order valence-corrected chi connectivity index (χ0v) is 16.5. The molecule has 1 aliphatic rings. The van der Waals surface area contributed by atoms with Gasteiger partial charge in [0.15, 0.2) is 11.5 Å². The minimum absolute atomic E-state index is 0.452. The van der Waals surface area contributed by atoms with Crippen LogP contribution in [0, 0.1) is 6.92 Å². The Morgan fingerprint density at radius 2 is 1.81 bits per heavy atom. The highest BCUT2D eigenvalue weighted by atomic mass is 32.1. The third kappa shape index (κ3) is 3.37. The number of thiazole rings is 1. The van der Waals surface area contributed by atoms with Crippen molar-refractivity contribution in [3.8, 4) is 11.5 Å². The molecule has 7 nitrogen and oxygen atoms in total. The summed E-state index contributed by atoms with van der Waals surface area (Å²) in [6.45, 7) is 3.88. The molecule has 0 aliphatic carbocycles. The van der Waals surface area contributed by atoms with E-state index in [1.54, 1.807) is 25.6 Å². The zero-order chi connectivity index (χ0) is 19.0. The average Bonchev–Trinajstić information content (AvgIpc) is 3.13. The molecule has 0 spiro atoms. The summed E-state index contributed by atoms with van der Waals surface area (Å²) in [5, 5.41) is 2.01. The lowest BCUT2D eigenvalue weighted by molar-refractivity contribution is 0.356. The number of rotatable bonds is 4. The fourth-order valence-electron chi connectivity index (χ4n) is 3.50. The van der Waals surface area contributed by atoms with Gasteiger partial charge in [0.1, 0.15) is 5.82 Å². The summed E-state index contributed by atoms with van der Waals surface area (Å²) in [6, 6.07) is 3.67. The number of nitrogens with zero attached hydrogens (tertiary/aromatic N) is 4. The number of ether oxygens (including phenoxy) is 2. The number of methoxy groups -OCH3 is 2. The van der Waals surface area contributed by atoms with Crippen molar-refractivity contribution in [2.24, 2.45) is 0 Å². The summed E-state index contributed by atoms with van der Waals surface area (Å²) in [4.78, 5) is 17.3. The predicted octanol–water partition coefficient (Wildman–Crippen LogP) is 3.38. The standard InChI is InChI=1S/C19H23N5O2S/c1-11-10-21-18(27-11)12-4-6-24(7-5-12)19-22-14-9-16(26-3)15(25-2)8-13(14)17(20)23-19/h8-10,12H,4-7H2,1-3H3,(H2,20,22,23). The van der Waals surface area contributed by atoms with Crippen molar-refractivity contribution in [2.75, 3.05) is 37.9 Å². The zero-order valence-electron chi connectivity index (χ0n) is 15.7. The smallest absolute Gasteiger partial charge is 0.227 e.